The van der Waals surface area contributed by atoms with Gasteiger partial charge in [-0.3, -0.25) is 4.90 Å². The van der Waals surface area contributed by atoms with Crippen LogP contribution in [0.2, 0.25) is 0 Å². The number of hydrogen-bond donors (Lipinski definition) is 0. The summed E-state index contributed by atoms with van der Waals surface area (Å²) >= 11 is 0.187. The van der Waals surface area contributed by atoms with Crippen molar-refractivity contribution in [3.05, 3.63) is 66.2 Å². The van der Waals surface area contributed by atoms with Crippen LogP contribution >= 0.6 is 11.8 Å². The van der Waals surface area contributed by atoms with Crippen LogP contribution in [0, 0.1) is 0 Å². The monoisotopic (exact) mass is 493 g/mol. The van der Waals surface area contributed by atoms with E-state index in [0.717, 1.165) is 4.90 Å². The third-order valence-electron chi connectivity index (χ3n) is 5.34. The van der Waals surface area contributed by atoms with Gasteiger partial charge in [-0.25, -0.2) is 5.01 Å². The molecule has 0 aromatic heterocycles. The van der Waals surface area contributed by atoms with Gasteiger partial charge in [0, 0.05) is 18.7 Å². The molecule has 2 aliphatic rings. The summed E-state index contributed by atoms with van der Waals surface area (Å²) < 4.78 is 106. The molecule has 1 unspecified atom stereocenters. The average molecular weight is 493 g/mol. The molecular weight excluding hydrogens is 475 g/mol. The largest absolute Gasteiger partial charge is 0.460 e. The predicted octanol–water partition coefficient (Wildman–Crippen LogP) is 5.42. The second-order valence-electron chi connectivity index (χ2n) is 7.37. The first-order valence-corrected chi connectivity index (χ1v) is 10.7. The van der Waals surface area contributed by atoms with Crippen LogP contribution in [0.4, 0.5) is 36.4 Å². The average Bonchev–Trinajstić information content (AvgIpc) is 3.22. The first-order chi connectivity index (χ1) is 15.5. The maximum absolute atomic E-state index is 15.8. The SMILES string of the molecule is FC(F)(F)C(F)(F)C(F)(F)C1(N2CCOCC2)SC(c2ccccc2)=NN1c1ccccc1. The van der Waals surface area contributed by atoms with Crippen LogP contribution < -0.4 is 5.01 Å². The molecule has 2 aliphatic heterocycles. The Morgan fingerprint density at radius 2 is 1.36 bits per heavy atom. The Morgan fingerprint density at radius 1 is 0.818 bits per heavy atom. The molecule has 4 nitrogen and oxygen atoms in total. The van der Waals surface area contributed by atoms with Crippen LogP contribution in [-0.4, -0.2) is 59.3 Å². The van der Waals surface area contributed by atoms with Crippen molar-refractivity contribution in [1.29, 1.82) is 0 Å². The molecule has 1 fully saturated rings. The molecule has 0 spiro atoms. The van der Waals surface area contributed by atoms with Gasteiger partial charge in [-0.2, -0.15) is 35.8 Å². The van der Waals surface area contributed by atoms with Gasteiger partial charge >= 0.3 is 18.0 Å². The van der Waals surface area contributed by atoms with Crippen LogP contribution in [0.15, 0.2) is 65.8 Å². The molecular formula is C21H18F7N3OS. The molecule has 2 heterocycles. The number of halogens is 7. The molecule has 1 atom stereocenters. The molecule has 1 saturated heterocycles. The van der Waals surface area contributed by atoms with E-state index >= 15 is 8.78 Å². The Hall–Kier alpha value is -2.31. The lowest BCUT2D eigenvalue weighted by atomic mass is 10.0. The fourth-order valence-electron chi connectivity index (χ4n) is 3.70. The van der Waals surface area contributed by atoms with Crippen molar-refractivity contribution >= 4 is 22.5 Å². The first kappa shape index (κ1) is 23.8. The highest BCUT2D eigenvalue weighted by Crippen LogP contribution is 2.61. The minimum Gasteiger partial charge on any atom is -0.379 e. The molecule has 4 rings (SSSR count). The summed E-state index contributed by atoms with van der Waals surface area (Å²) in [6.45, 7) is -0.812. The van der Waals surface area contributed by atoms with E-state index in [2.05, 4.69) is 5.10 Å². The van der Waals surface area contributed by atoms with E-state index in [4.69, 9.17) is 4.74 Å². The highest BCUT2D eigenvalue weighted by Gasteiger charge is 2.84. The van der Waals surface area contributed by atoms with Gasteiger partial charge in [0.15, 0.2) is 0 Å². The van der Waals surface area contributed by atoms with E-state index in [0.29, 0.717) is 10.6 Å². The Balaban J connectivity index is 1.96. The van der Waals surface area contributed by atoms with E-state index in [-0.39, 0.29) is 48.8 Å². The second kappa shape index (κ2) is 8.48. The van der Waals surface area contributed by atoms with Crippen molar-refractivity contribution in [3.8, 4) is 0 Å². The minimum atomic E-state index is -6.49. The number of benzene rings is 2. The molecule has 0 radical (unpaired) electrons. The number of alkyl halides is 7. The number of anilines is 1. The summed E-state index contributed by atoms with van der Waals surface area (Å²) in [5.74, 6) is -12.0. The van der Waals surface area contributed by atoms with E-state index in [1.165, 1.54) is 36.4 Å². The van der Waals surface area contributed by atoms with Gasteiger partial charge in [-0.15, -0.1) is 0 Å². The smallest absolute Gasteiger partial charge is 0.379 e. The van der Waals surface area contributed by atoms with Gasteiger partial charge in [-0.1, -0.05) is 60.3 Å². The Kier molecular flexibility index (Phi) is 6.12. The molecule has 33 heavy (non-hydrogen) atoms. The van der Waals surface area contributed by atoms with Crippen molar-refractivity contribution in [2.75, 3.05) is 31.3 Å². The lowest BCUT2D eigenvalue weighted by Gasteiger charge is -2.51. The van der Waals surface area contributed by atoms with E-state index < -0.39 is 23.0 Å². The number of rotatable bonds is 5. The van der Waals surface area contributed by atoms with Crippen molar-refractivity contribution in [2.24, 2.45) is 5.10 Å². The van der Waals surface area contributed by atoms with Crippen LogP contribution in [-0.2, 0) is 4.74 Å². The summed E-state index contributed by atoms with van der Waals surface area (Å²) in [6, 6.07) is 15.0. The quantitative estimate of drug-likeness (QED) is 0.520. The maximum atomic E-state index is 15.8. The maximum Gasteiger partial charge on any atom is 0.460 e. The molecule has 0 N–H and O–H groups in total. The summed E-state index contributed by atoms with van der Waals surface area (Å²) in [4.78, 5) is -2.31. The zero-order chi connectivity index (χ0) is 23.9. The molecule has 0 bridgehead atoms. The number of hydrazone groups is 1. The van der Waals surface area contributed by atoms with Gasteiger partial charge in [0.05, 0.1) is 18.9 Å². The fraction of sp³-hybridized carbons (Fsp3) is 0.381. The van der Waals surface area contributed by atoms with Crippen LogP contribution in [0.3, 0.4) is 0 Å². The van der Waals surface area contributed by atoms with Gasteiger partial charge in [0.25, 0.3) is 0 Å². The Labute approximate surface area is 189 Å². The predicted molar refractivity (Wildman–Crippen MR) is 111 cm³/mol. The lowest BCUT2D eigenvalue weighted by Crippen LogP contribution is -2.74. The van der Waals surface area contributed by atoms with Gasteiger partial charge in [0.1, 0.15) is 5.04 Å². The minimum absolute atomic E-state index is 0.0555. The number of para-hydroxylation sites is 1. The molecule has 2 aromatic rings. The van der Waals surface area contributed by atoms with Crippen molar-refractivity contribution in [2.45, 2.75) is 23.0 Å². The molecule has 0 amide bonds. The van der Waals surface area contributed by atoms with E-state index in [1.807, 2.05) is 0 Å². The van der Waals surface area contributed by atoms with E-state index in [9.17, 15) is 22.0 Å². The number of nitrogens with zero attached hydrogens (tertiary/aromatic N) is 3. The first-order valence-electron chi connectivity index (χ1n) is 9.86. The highest BCUT2D eigenvalue weighted by atomic mass is 32.2. The number of morpholine rings is 1. The zero-order valence-electron chi connectivity index (χ0n) is 16.9. The van der Waals surface area contributed by atoms with Gasteiger partial charge in [0.2, 0.25) is 4.99 Å². The molecule has 178 valence electrons. The molecule has 0 saturated carbocycles. The fourth-order valence-corrected chi connectivity index (χ4v) is 5.15. The third-order valence-corrected chi connectivity index (χ3v) is 6.82. The van der Waals surface area contributed by atoms with Crippen LogP contribution in [0.25, 0.3) is 0 Å². The molecule has 2 aromatic carbocycles. The normalized spacial score (nSPS) is 23.0. The lowest BCUT2D eigenvalue weighted by molar-refractivity contribution is -0.370. The topological polar surface area (TPSA) is 28.1 Å². The van der Waals surface area contributed by atoms with Crippen molar-refractivity contribution in [3.63, 3.8) is 0 Å². The molecule has 0 aliphatic carbocycles. The van der Waals surface area contributed by atoms with Gasteiger partial charge in [-0.05, 0) is 12.1 Å². The molecule has 12 heteroatoms. The summed E-state index contributed by atoms with van der Waals surface area (Å²) in [5.41, 5.74) is 0.254. The third kappa shape index (κ3) is 3.77. The standard InChI is InChI=1S/C21H18F7N3OS/c22-18(23,20(26,27)28)19(24,25)21(30-11-13-32-14-12-30)31(16-9-5-2-6-10-16)29-17(33-21)15-7-3-1-4-8-15/h1-10H,11-14H2. The number of ether oxygens (including phenoxy) is 1. The van der Waals surface area contributed by atoms with Crippen LogP contribution in [0.5, 0.6) is 0 Å². The Morgan fingerprint density at radius 3 is 1.91 bits per heavy atom. The Bertz CT molecular complexity index is 998. The summed E-state index contributed by atoms with van der Waals surface area (Å²) in [5, 5.41) is 4.65. The second-order valence-corrected chi connectivity index (χ2v) is 8.53. The highest BCUT2D eigenvalue weighted by molar-refractivity contribution is 8.16. The summed E-state index contributed by atoms with van der Waals surface area (Å²) in [6.07, 6.45) is -6.49. The van der Waals surface area contributed by atoms with Crippen molar-refractivity contribution < 1.29 is 35.5 Å². The number of hydrogen-bond acceptors (Lipinski definition) is 5. The summed E-state index contributed by atoms with van der Waals surface area (Å²) in [7, 11) is 0. The van der Waals surface area contributed by atoms with Crippen LogP contribution in [0.1, 0.15) is 5.56 Å². The zero-order valence-corrected chi connectivity index (χ0v) is 17.7. The number of thioether (sulfide) groups is 1. The van der Waals surface area contributed by atoms with Gasteiger partial charge < -0.3 is 4.74 Å². The van der Waals surface area contributed by atoms with Crippen molar-refractivity contribution in [1.82, 2.24) is 4.90 Å². The van der Waals surface area contributed by atoms with E-state index in [1.54, 1.807) is 24.3 Å².